The van der Waals surface area contributed by atoms with E-state index in [1.807, 2.05) is 0 Å². The average Bonchev–Trinajstić information content (AvgIpc) is 3.26. The number of likely N-dealkylation sites (tertiary alicyclic amines) is 1. The number of nitrogens with one attached hydrogen (secondary N) is 1. The van der Waals surface area contributed by atoms with Crippen molar-refractivity contribution < 1.29 is 19.0 Å². The van der Waals surface area contributed by atoms with Crippen molar-refractivity contribution in [1.82, 2.24) is 19.8 Å². The van der Waals surface area contributed by atoms with E-state index in [1.54, 1.807) is 30.1 Å². The highest BCUT2D eigenvalue weighted by Crippen LogP contribution is 2.31. The minimum absolute atomic E-state index is 0.226. The zero-order chi connectivity index (χ0) is 20.4. The Morgan fingerprint density at radius 1 is 1.31 bits per heavy atom. The molecule has 2 heterocycles. The molecule has 4 rings (SSSR count). The summed E-state index contributed by atoms with van der Waals surface area (Å²) in [5, 5.41) is 14.1. The number of aryl methyl sites for hydroxylation is 1. The van der Waals surface area contributed by atoms with Crippen LogP contribution >= 0.6 is 0 Å². The monoisotopic (exact) mass is 402 g/mol. The van der Waals surface area contributed by atoms with E-state index in [1.165, 1.54) is 24.8 Å². The Morgan fingerprint density at radius 3 is 2.79 bits per heavy atom. The van der Waals surface area contributed by atoms with Gasteiger partial charge in [0.05, 0.1) is 24.6 Å². The van der Waals surface area contributed by atoms with Crippen molar-refractivity contribution in [2.24, 2.45) is 7.05 Å². The van der Waals surface area contributed by atoms with Crippen LogP contribution in [0.4, 0.5) is 4.39 Å². The molecule has 2 fully saturated rings. The molecule has 2 N–H and O–H groups in total. The van der Waals surface area contributed by atoms with Crippen LogP contribution in [0.3, 0.4) is 0 Å². The number of aromatic nitrogens is 2. The summed E-state index contributed by atoms with van der Waals surface area (Å²) in [6.07, 6.45) is 5.56. The van der Waals surface area contributed by atoms with Crippen LogP contribution in [0.25, 0.3) is 0 Å². The van der Waals surface area contributed by atoms with Crippen LogP contribution in [0.15, 0.2) is 36.8 Å². The van der Waals surface area contributed by atoms with Gasteiger partial charge in [-0.05, 0) is 38.1 Å². The number of aliphatic hydroxyl groups excluding tert-OH is 1. The van der Waals surface area contributed by atoms with Gasteiger partial charge in [0.1, 0.15) is 29.5 Å². The predicted molar refractivity (Wildman–Crippen MR) is 105 cm³/mol. The summed E-state index contributed by atoms with van der Waals surface area (Å²) in [5.74, 6) is -0.232. The van der Waals surface area contributed by atoms with E-state index in [4.69, 9.17) is 4.74 Å². The first kappa shape index (κ1) is 19.8. The molecular weight excluding hydrogens is 375 g/mol. The molecule has 1 aromatic carbocycles. The number of halogens is 1. The number of aliphatic hydroxyl groups is 1. The standard InChI is InChI=1S/C21H27FN4O3/c1-25-13-23-12-17(25)21(28)24-16-11-18(29-15-7-5-6-14(22)10-15)20(27)19(16)26-8-3-2-4-9-26/h5-7,10,12-13,16,18-20,27H,2-4,8-9,11H2,1H3,(H,24,28)/t16-,18-,19+,20+/m1/s1. The summed E-state index contributed by atoms with van der Waals surface area (Å²) >= 11 is 0. The first-order valence-electron chi connectivity index (χ1n) is 10.1. The van der Waals surface area contributed by atoms with Crippen molar-refractivity contribution in [2.45, 2.75) is 50.0 Å². The van der Waals surface area contributed by atoms with Gasteiger partial charge in [0, 0.05) is 19.5 Å². The molecule has 2 aliphatic rings. The highest BCUT2D eigenvalue weighted by molar-refractivity contribution is 5.92. The Hall–Kier alpha value is -2.45. The van der Waals surface area contributed by atoms with Gasteiger partial charge in [-0.1, -0.05) is 12.5 Å². The molecule has 0 bridgehead atoms. The molecule has 1 aliphatic heterocycles. The second kappa shape index (κ2) is 8.51. The second-order valence-electron chi connectivity index (χ2n) is 7.90. The fraction of sp³-hybridized carbons (Fsp3) is 0.524. The van der Waals surface area contributed by atoms with Crippen LogP contribution in [-0.2, 0) is 7.05 Å². The summed E-state index contributed by atoms with van der Waals surface area (Å²) in [7, 11) is 1.77. The molecule has 156 valence electrons. The molecule has 1 aliphatic carbocycles. The number of hydrogen-bond acceptors (Lipinski definition) is 5. The van der Waals surface area contributed by atoms with E-state index < -0.39 is 12.2 Å². The third kappa shape index (κ3) is 4.28. The van der Waals surface area contributed by atoms with Crippen LogP contribution in [0.1, 0.15) is 36.2 Å². The Kier molecular flexibility index (Phi) is 5.82. The van der Waals surface area contributed by atoms with Crippen molar-refractivity contribution >= 4 is 5.91 Å². The summed E-state index contributed by atoms with van der Waals surface area (Å²) in [6.45, 7) is 1.76. The van der Waals surface area contributed by atoms with E-state index >= 15 is 0 Å². The van der Waals surface area contributed by atoms with Gasteiger partial charge in [0.2, 0.25) is 0 Å². The topological polar surface area (TPSA) is 79.6 Å². The van der Waals surface area contributed by atoms with Crippen LogP contribution in [-0.4, -0.2) is 62.8 Å². The van der Waals surface area contributed by atoms with E-state index in [9.17, 15) is 14.3 Å². The number of hydrogen-bond donors (Lipinski definition) is 2. The predicted octanol–water partition coefficient (Wildman–Crippen LogP) is 1.72. The Morgan fingerprint density at radius 2 is 2.10 bits per heavy atom. The lowest BCUT2D eigenvalue weighted by Gasteiger charge is -2.37. The van der Waals surface area contributed by atoms with E-state index in [0.29, 0.717) is 17.9 Å². The van der Waals surface area contributed by atoms with Crippen molar-refractivity contribution in [3.63, 3.8) is 0 Å². The molecule has 7 nitrogen and oxygen atoms in total. The van der Waals surface area contributed by atoms with E-state index in [2.05, 4.69) is 15.2 Å². The number of carbonyl (C=O) groups excluding carboxylic acids is 1. The van der Waals surface area contributed by atoms with Crippen molar-refractivity contribution in [1.29, 1.82) is 0 Å². The number of amides is 1. The summed E-state index contributed by atoms with van der Waals surface area (Å²) in [4.78, 5) is 19.0. The van der Waals surface area contributed by atoms with Gasteiger partial charge in [-0.3, -0.25) is 9.69 Å². The molecular formula is C21H27FN4O3. The molecule has 0 unspecified atom stereocenters. The fourth-order valence-corrected chi connectivity index (χ4v) is 4.47. The summed E-state index contributed by atoms with van der Waals surface area (Å²) < 4.78 is 21.1. The van der Waals surface area contributed by atoms with Gasteiger partial charge in [0.15, 0.2) is 0 Å². The number of nitrogens with zero attached hydrogens (tertiary/aromatic N) is 3. The Bertz CT molecular complexity index is 852. The van der Waals surface area contributed by atoms with Gasteiger partial charge in [-0.25, -0.2) is 9.37 Å². The van der Waals surface area contributed by atoms with Gasteiger partial charge < -0.3 is 19.7 Å². The molecule has 1 saturated carbocycles. The maximum Gasteiger partial charge on any atom is 0.269 e. The number of piperidine rings is 1. The van der Waals surface area contributed by atoms with Gasteiger partial charge in [-0.15, -0.1) is 0 Å². The highest BCUT2D eigenvalue weighted by Gasteiger charge is 2.47. The van der Waals surface area contributed by atoms with Crippen molar-refractivity contribution in [2.75, 3.05) is 13.1 Å². The average molecular weight is 402 g/mol. The highest BCUT2D eigenvalue weighted by atomic mass is 19.1. The first-order chi connectivity index (χ1) is 14.0. The SMILES string of the molecule is Cn1cncc1C(=O)N[C@@H]1C[C@@H](Oc2cccc(F)c2)[C@H](O)[C@H]1N1CCCCC1. The van der Waals surface area contributed by atoms with Crippen LogP contribution in [0, 0.1) is 5.82 Å². The lowest BCUT2D eigenvalue weighted by Crippen LogP contribution is -2.54. The molecule has 4 atom stereocenters. The molecule has 1 amide bonds. The molecule has 1 saturated heterocycles. The lowest BCUT2D eigenvalue weighted by atomic mass is 10.0. The van der Waals surface area contributed by atoms with Crippen LogP contribution < -0.4 is 10.1 Å². The summed E-state index contributed by atoms with van der Waals surface area (Å²) in [5.41, 5.74) is 0.464. The maximum atomic E-state index is 13.5. The zero-order valence-electron chi connectivity index (χ0n) is 16.5. The maximum absolute atomic E-state index is 13.5. The first-order valence-corrected chi connectivity index (χ1v) is 10.1. The minimum atomic E-state index is -0.784. The Labute approximate surface area is 169 Å². The minimum Gasteiger partial charge on any atom is -0.487 e. The van der Waals surface area contributed by atoms with Crippen LogP contribution in [0.5, 0.6) is 5.75 Å². The van der Waals surface area contributed by atoms with Crippen LogP contribution in [0.2, 0.25) is 0 Å². The molecule has 1 aromatic heterocycles. The lowest BCUT2D eigenvalue weighted by molar-refractivity contribution is 0.00136. The quantitative estimate of drug-likeness (QED) is 0.796. The number of carbonyl (C=O) groups is 1. The number of rotatable bonds is 5. The number of imidazole rings is 1. The third-order valence-corrected chi connectivity index (χ3v) is 5.89. The second-order valence-corrected chi connectivity index (χ2v) is 7.90. The van der Waals surface area contributed by atoms with E-state index in [0.717, 1.165) is 25.9 Å². The van der Waals surface area contributed by atoms with Crippen molar-refractivity contribution in [3.05, 3.63) is 48.3 Å². The van der Waals surface area contributed by atoms with Gasteiger partial charge in [0.25, 0.3) is 5.91 Å². The number of benzene rings is 1. The largest absolute Gasteiger partial charge is 0.487 e. The fourth-order valence-electron chi connectivity index (χ4n) is 4.47. The van der Waals surface area contributed by atoms with Gasteiger partial charge >= 0.3 is 0 Å². The molecule has 0 radical (unpaired) electrons. The third-order valence-electron chi connectivity index (χ3n) is 5.89. The molecule has 8 heteroatoms. The molecule has 29 heavy (non-hydrogen) atoms. The summed E-state index contributed by atoms with van der Waals surface area (Å²) in [6, 6.07) is 5.40. The molecule has 0 spiro atoms. The Balaban J connectivity index is 1.53. The number of ether oxygens (including phenoxy) is 1. The smallest absolute Gasteiger partial charge is 0.269 e. The zero-order valence-corrected chi connectivity index (χ0v) is 16.5. The molecule has 2 aromatic rings. The van der Waals surface area contributed by atoms with Gasteiger partial charge in [-0.2, -0.15) is 0 Å². The van der Waals surface area contributed by atoms with E-state index in [-0.39, 0.29) is 23.8 Å². The normalized spacial score (nSPS) is 27.7. The van der Waals surface area contributed by atoms with Crippen molar-refractivity contribution in [3.8, 4) is 5.75 Å².